The quantitative estimate of drug-likeness (QED) is 0.820. The van der Waals surface area contributed by atoms with Gasteiger partial charge in [-0.25, -0.2) is 0 Å². The Balaban J connectivity index is 1.50. The minimum atomic E-state index is -0.0202. The SMILES string of the molecule is O=C(ON1CCC(c2ccccc2)CC1)C1CC1. The first-order valence-corrected chi connectivity index (χ1v) is 6.84. The molecular formula is C15H19NO2. The molecule has 0 aromatic heterocycles. The molecule has 0 unspecified atom stereocenters. The molecule has 3 heteroatoms. The molecule has 1 aliphatic heterocycles. The van der Waals surface area contributed by atoms with Crippen LogP contribution >= 0.6 is 0 Å². The van der Waals surface area contributed by atoms with Crippen molar-refractivity contribution in [3.63, 3.8) is 0 Å². The Bertz CT molecular complexity index is 406. The van der Waals surface area contributed by atoms with Crippen LogP contribution in [0.2, 0.25) is 0 Å². The lowest BCUT2D eigenvalue weighted by atomic mass is 9.90. The molecular weight excluding hydrogens is 226 g/mol. The van der Waals surface area contributed by atoms with Crippen LogP contribution in [0.3, 0.4) is 0 Å². The molecule has 0 bridgehead atoms. The van der Waals surface area contributed by atoms with E-state index in [1.54, 1.807) is 0 Å². The van der Waals surface area contributed by atoms with Crippen molar-refractivity contribution >= 4 is 5.97 Å². The summed E-state index contributed by atoms with van der Waals surface area (Å²) >= 11 is 0. The number of carbonyl (C=O) groups is 1. The van der Waals surface area contributed by atoms with Crippen LogP contribution in [-0.2, 0) is 9.63 Å². The van der Waals surface area contributed by atoms with Crippen molar-refractivity contribution in [2.75, 3.05) is 13.1 Å². The van der Waals surface area contributed by atoms with Gasteiger partial charge in [0, 0.05) is 13.1 Å². The number of rotatable bonds is 3. The van der Waals surface area contributed by atoms with Gasteiger partial charge in [0.25, 0.3) is 0 Å². The number of hydrogen-bond acceptors (Lipinski definition) is 3. The molecule has 2 fully saturated rings. The first-order valence-electron chi connectivity index (χ1n) is 6.84. The van der Waals surface area contributed by atoms with Crippen LogP contribution in [0, 0.1) is 5.92 Å². The van der Waals surface area contributed by atoms with Gasteiger partial charge in [-0.2, -0.15) is 0 Å². The zero-order chi connectivity index (χ0) is 12.4. The van der Waals surface area contributed by atoms with Crippen LogP contribution in [0.4, 0.5) is 0 Å². The molecule has 1 heterocycles. The van der Waals surface area contributed by atoms with E-state index >= 15 is 0 Å². The third-order valence-electron chi connectivity index (χ3n) is 3.85. The van der Waals surface area contributed by atoms with E-state index in [0.29, 0.717) is 5.92 Å². The fourth-order valence-corrected chi connectivity index (χ4v) is 2.53. The van der Waals surface area contributed by atoms with E-state index in [2.05, 4.69) is 30.3 Å². The second-order valence-electron chi connectivity index (χ2n) is 5.30. The molecule has 1 aliphatic carbocycles. The molecule has 1 saturated carbocycles. The maximum Gasteiger partial charge on any atom is 0.328 e. The molecule has 3 nitrogen and oxygen atoms in total. The predicted octanol–water partition coefficient (Wildman–Crippen LogP) is 2.73. The first kappa shape index (κ1) is 11.7. The molecule has 0 amide bonds. The van der Waals surface area contributed by atoms with E-state index in [1.807, 2.05) is 5.06 Å². The highest BCUT2D eigenvalue weighted by molar-refractivity contribution is 5.74. The highest BCUT2D eigenvalue weighted by Crippen LogP contribution is 2.32. The number of carbonyl (C=O) groups excluding carboxylic acids is 1. The predicted molar refractivity (Wildman–Crippen MR) is 68.8 cm³/mol. The second kappa shape index (κ2) is 5.11. The minimum absolute atomic E-state index is 0.0202. The summed E-state index contributed by atoms with van der Waals surface area (Å²) in [5, 5.41) is 1.85. The van der Waals surface area contributed by atoms with Crippen molar-refractivity contribution in [3.8, 4) is 0 Å². The van der Waals surface area contributed by atoms with Gasteiger partial charge in [0.15, 0.2) is 0 Å². The first-order chi connectivity index (χ1) is 8.83. The van der Waals surface area contributed by atoms with E-state index in [9.17, 15) is 4.79 Å². The van der Waals surface area contributed by atoms with E-state index in [-0.39, 0.29) is 11.9 Å². The number of nitrogens with zero attached hydrogens (tertiary/aromatic N) is 1. The van der Waals surface area contributed by atoms with Gasteiger partial charge >= 0.3 is 5.97 Å². The lowest BCUT2D eigenvalue weighted by Crippen LogP contribution is -2.35. The van der Waals surface area contributed by atoms with Crippen molar-refractivity contribution < 1.29 is 9.63 Å². The van der Waals surface area contributed by atoms with Gasteiger partial charge < -0.3 is 4.84 Å². The third kappa shape index (κ3) is 2.72. The summed E-state index contributed by atoms with van der Waals surface area (Å²) in [6.07, 6.45) is 4.17. The molecule has 0 spiro atoms. The average molecular weight is 245 g/mol. The highest BCUT2D eigenvalue weighted by Gasteiger charge is 2.33. The Hall–Kier alpha value is -1.35. The van der Waals surface area contributed by atoms with Crippen LogP contribution in [0.5, 0.6) is 0 Å². The summed E-state index contributed by atoms with van der Waals surface area (Å²) in [4.78, 5) is 17.0. The van der Waals surface area contributed by atoms with Crippen molar-refractivity contribution in [2.24, 2.45) is 5.92 Å². The lowest BCUT2D eigenvalue weighted by Gasteiger charge is -2.30. The van der Waals surface area contributed by atoms with E-state index < -0.39 is 0 Å². The second-order valence-corrected chi connectivity index (χ2v) is 5.30. The molecule has 1 aromatic carbocycles. The molecule has 1 saturated heterocycles. The van der Waals surface area contributed by atoms with Gasteiger partial charge in [0.2, 0.25) is 0 Å². The van der Waals surface area contributed by atoms with Gasteiger partial charge in [-0.05, 0) is 37.2 Å². The Morgan fingerprint density at radius 1 is 1.06 bits per heavy atom. The Morgan fingerprint density at radius 3 is 2.33 bits per heavy atom. The molecule has 2 aliphatic rings. The maximum absolute atomic E-state index is 11.6. The monoisotopic (exact) mass is 245 g/mol. The zero-order valence-electron chi connectivity index (χ0n) is 10.5. The maximum atomic E-state index is 11.6. The van der Waals surface area contributed by atoms with Crippen LogP contribution in [0.25, 0.3) is 0 Å². The topological polar surface area (TPSA) is 29.5 Å². The van der Waals surface area contributed by atoms with Crippen LogP contribution in [0.1, 0.15) is 37.2 Å². The van der Waals surface area contributed by atoms with Crippen molar-refractivity contribution in [1.82, 2.24) is 5.06 Å². The Morgan fingerprint density at radius 2 is 1.72 bits per heavy atom. The smallest absolute Gasteiger partial charge is 0.328 e. The number of piperidine rings is 1. The van der Waals surface area contributed by atoms with E-state index in [4.69, 9.17) is 4.84 Å². The van der Waals surface area contributed by atoms with Gasteiger partial charge in [-0.15, -0.1) is 5.06 Å². The molecule has 1 aromatic rings. The number of hydroxylamine groups is 2. The Labute approximate surface area is 108 Å². The van der Waals surface area contributed by atoms with Crippen LogP contribution in [0.15, 0.2) is 30.3 Å². The fourth-order valence-electron chi connectivity index (χ4n) is 2.53. The van der Waals surface area contributed by atoms with Crippen LogP contribution < -0.4 is 0 Å². The van der Waals surface area contributed by atoms with Gasteiger partial charge in [-0.3, -0.25) is 4.79 Å². The van der Waals surface area contributed by atoms with Crippen molar-refractivity contribution in [1.29, 1.82) is 0 Å². The summed E-state index contributed by atoms with van der Waals surface area (Å²) in [5.41, 5.74) is 1.41. The average Bonchev–Trinajstić information content (AvgIpc) is 3.25. The van der Waals surface area contributed by atoms with Crippen molar-refractivity contribution in [2.45, 2.75) is 31.6 Å². The highest BCUT2D eigenvalue weighted by atomic mass is 16.7. The number of hydrogen-bond donors (Lipinski definition) is 0. The zero-order valence-corrected chi connectivity index (χ0v) is 10.5. The molecule has 0 radical (unpaired) electrons. The summed E-state index contributed by atoms with van der Waals surface area (Å²) in [7, 11) is 0. The summed E-state index contributed by atoms with van der Waals surface area (Å²) < 4.78 is 0. The molecule has 18 heavy (non-hydrogen) atoms. The van der Waals surface area contributed by atoms with Gasteiger partial charge in [0.05, 0.1) is 5.92 Å². The third-order valence-corrected chi connectivity index (χ3v) is 3.85. The van der Waals surface area contributed by atoms with E-state index in [0.717, 1.165) is 38.8 Å². The fraction of sp³-hybridized carbons (Fsp3) is 0.533. The Kier molecular flexibility index (Phi) is 3.33. The lowest BCUT2D eigenvalue weighted by molar-refractivity contribution is -0.196. The van der Waals surface area contributed by atoms with Crippen molar-refractivity contribution in [3.05, 3.63) is 35.9 Å². The van der Waals surface area contributed by atoms with Crippen LogP contribution in [-0.4, -0.2) is 24.1 Å². The molecule has 0 N–H and O–H groups in total. The molecule has 3 rings (SSSR count). The normalized spacial score (nSPS) is 21.8. The minimum Gasteiger partial charge on any atom is -0.368 e. The molecule has 96 valence electrons. The largest absolute Gasteiger partial charge is 0.368 e. The van der Waals surface area contributed by atoms with Gasteiger partial charge in [0.1, 0.15) is 0 Å². The summed E-state index contributed by atoms with van der Waals surface area (Å²) in [6.45, 7) is 1.72. The molecule has 0 atom stereocenters. The number of benzene rings is 1. The standard InChI is InChI=1S/C15H19NO2/c17-15(14-6-7-14)18-16-10-8-13(9-11-16)12-4-2-1-3-5-12/h1-5,13-14H,6-11H2. The van der Waals surface area contributed by atoms with E-state index in [1.165, 1.54) is 5.56 Å². The van der Waals surface area contributed by atoms with Gasteiger partial charge in [-0.1, -0.05) is 30.3 Å². The summed E-state index contributed by atoms with van der Waals surface area (Å²) in [5.74, 6) is 0.784. The summed E-state index contributed by atoms with van der Waals surface area (Å²) in [6, 6.07) is 10.6.